The van der Waals surface area contributed by atoms with Crippen molar-refractivity contribution in [3.05, 3.63) is 82.8 Å². The Morgan fingerprint density at radius 2 is 1.73 bits per heavy atom. The fraction of sp³-hybridized carbons (Fsp3) is 0.130. The highest BCUT2D eigenvalue weighted by molar-refractivity contribution is 9.10. The molecule has 0 atom stereocenters. The number of hydrogen-bond acceptors (Lipinski definition) is 5. The molecule has 0 bridgehead atoms. The van der Waals surface area contributed by atoms with E-state index in [1.54, 1.807) is 61.5 Å². The van der Waals surface area contributed by atoms with Gasteiger partial charge in [0.15, 0.2) is 5.11 Å². The molecule has 10 heteroatoms. The number of halogens is 1. The number of nitrogens with zero attached hydrogens (tertiary/aromatic N) is 1. The monoisotopic (exact) mass is 547 g/mol. The molecule has 0 saturated carbocycles. The van der Waals surface area contributed by atoms with E-state index in [1.165, 1.54) is 23.5 Å². The number of thiocarbonyl (C=S) groups is 1. The third-order valence-electron chi connectivity index (χ3n) is 4.66. The molecule has 1 amide bonds. The van der Waals surface area contributed by atoms with Gasteiger partial charge in [0.05, 0.1) is 23.3 Å². The lowest BCUT2D eigenvalue weighted by molar-refractivity contribution is 0.0974. The van der Waals surface area contributed by atoms with Crippen LogP contribution in [-0.4, -0.2) is 33.1 Å². The summed E-state index contributed by atoms with van der Waals surface area (Å²) in [6.07, 6.45) is 0. The number of nitrogens with one attached hydrogen (secondary N) is 2. The van der Waals surface area contributed by atoms with Crippen molar-refractivity contribution in [1.29, 1.82) is 0 Å². The van der Waals surface area contributed by atoms with Crippen LogP contribution in [0.4, 0.5) is 11.4 Å². The minimum atomic E-state index is -3.73. The third kappa shape index (κ3) is 5.89. The average molecular weight is 548 g/mol. The van der Waals surface area contributed by atoms with Crippen molar-refractivity contribution in [2.24, 2.45) is 0 Å². The number of ether oxygens (including phenoxy) is 1. The number of carbonyl (C=O) groups is 1. The van der Waals surface area contributed by atoms with Gasteiger partial charge in [-0.15, -0.1) is 0 Å². The van der Waals surface area contributed by atoms with Gasteiger partial charge in [-0.2, -0.15) is 0 Å². The number of hydrogen-bond donors (Lipinski definition) is 2. The Morgan fingerprint density at radius 3 is 2.33 bits per heavy atom. The van der Waals surface area contributed by atoms with E-state index in [9.17, 15) is 13.2 Å². The van der Waals surface area contributed by atoms with Crippen LogP contribution >= 0.6 is 28.1 Å². The Balaban J connectivity index is 1.71. The maximum absolute atomic E-state index is 13.1. The number of amides is 1. The molecular formula is C23H22BrN3O4S2. The minimum Gasteiger partial charge on any atom is -0.496 e. The van der Waals surface area contributed by atoms with Gasteiger partial charge in [-0.05, 0) is 73.7 Å². The van der Waals surface area contributed by atoms with Crippen molar-refractivity contribution in [2.75, 3.05) is 23.3 Å². The van der Waals surface area contributed by atoms with E-state index >= 15 is 0 Å². The van der Waals surface area contributed by atoms with Crippen LogP contribution in [0.15, 0.2) is 82.2 Å². The van der Waals surface area contributed by atoms with E-state index in [0.717, 1.165) is 4.47 Å². The Labute approximate surface area is 206 Å². The van der Waals surface area contributed by atoms with Gasteiger partial charge in [-0.1, -0.05) is 34.1 Å². The van der Waals surface area contributed by atoms with Crippen LogP contribution < -0.4 is 19.7 Å². The maximum Gasteiger partial charge on any atom is 0.264 e. The van der Waals surface area contributed by atoms with E-state index < -0.39 is 15.9 Å². The second-order valence-corrected chi connectivity index (χ2v) is 9.97. The lowest BCUT2D eigenvalue weighted by Crippen LogP contribution is -2.34. The van der Waals surface area contributed by atoms with E-state index in [1.807, 2.05) is 6.07 Å². The highest BCUT2D eigenvalue weighted by Gasteiger charge is 2.23. The summed E-state index contributed by atoms with van der Waals surface area (Å²) in [4.78, 5) is 12.7. The number of para-hydroxylation sites is 1. The van der Waals surface area contributed by atoms with E-state index in [4.69, 9.17) is 17.0 Å². The molecule has 0 aromatic heterocycles. The molecular weight excluding hydrogens is 526 g/mol. The second-order valence-electron chi connectivity index (χ2n) is 6.78. The molecule has 3 aromatic rings. The van der Waals surface area contributed by atoms with Crippen LogP contribution in [0.5, 0.6) is 5.75 Å². The number of rotatable bonds is 7. The normalized spacial score (nSPS) is 10.9. The van der Waals surface area contributed by atoms with Gasteiger partial charge in [-0.3, -0.25) is 14.4 Å². The molecule has 0 fully saturated rings. The Bertz CT molecular complexity index is 1250. The van der Waals surface area contributed by atoms with Gasteiger partial charge in [0.1, 0.15) is 5.75 Å². The Kier molecular flexibility index (Phi) is 8.06. The highest BCUT2D eigenvalue weighted by Crippen LogP contribution is 2.25. The zero-order chi connectivity index (χ0) is 24.0. The summed E-state index contributed by atoms with van der Waals surface area (Å²) in [5, 5.41) is 5.55. The molecule has 0 aliphatic rings. The smallest absolute Gasteiger partial charge is 0.264 e. The van der Waals surface area contributed by atoms with Crippen LogP contribution in [-0.2, 0) is 10.0 Å². The van der Waals surface area contributed by atoms with Crippen LogP contribution in [0.1, 0.15) is 17.3 Å². The largest absolute Gasteiger partial charge is 0.496 e. The fourth-order valence-electron chi connectivity index (χ4n) is 3.11. The van der Waals surface area contributed by atoms with Crippen molar-refractivity contribution < 1.29 is 17.9 Å². The molecule has 7 nitrogen and oxygen atoms in total. The molecule has 0 heterocycles. The molecule has 0 radical (unpaired) electrons. The fourth-order valence-corrected chi connectivity index (χ4v) is 5.16. The first-order valence-electron chi connectivity index (χ1n) is 9.90. The summed E-state index contributed by atoms with van der Waals surface area (Å²) >= 11 is 8.56. The molecule has 33 heavy (non-hydrogen) atoms. The molecule has 3 aromatic carbocycles. The maximum atomic E-state index is 13.1. The molecule has 2 N–H and O–H groups in total. The van der Waals surface area contributed by atoms with Crippen molar-refractivity contribution >= 4 is 60.6 Å². The summed E-state index contributed by atoms with van der Waals surface area (Å²) < 4.78 is 33.5. The zero-order valence-corrected chi connectivity index (χ0v) is 21.1. The summed E-state index contributed by atoms with van der Waals surface area (Å²) in [6.45, 7) is 2.07. The van der Waals surface area contributed by atoms with E-state index in [0.29, 0.717) is 29.2 Å². The van der Waals surface area contributed by atoms with Crippen LogP contribution in [0.2, 0.25) is 0 Å². The number of sulfonamides is 1. The van der Waals surface area contributed by atoms with Crippen molar-refractivity contribution in [2.45, 2.75) is 11.8 Å². The van der Waals surface area contributed by atoms with Crippen LogP contribution in [0, 0.1) is 0 Å². The van der Waals surface area contributed by atoms with Crippen molar-refractivity contribution in [3.8, 4) is 5.75 Å². The first-order valence-corrected chi connectivity index (χ1v) is 12.5. The summed E-state index contributed by atoms with van der Waals surface area (Å²) in [6, 6.07) is 20.1. The van der Waals surface area contributed by atoms with Gasteiger partial charge in [0, 0.05) is 16.7 Å². The Hall–Kier alpha value is -2.95. The summed E-state index contributed by atoms with van der Waals surface area (Å²) in [7, 11) is -2.26. The second kappa shape index (κ2) is 10.8. The van der Waals surface area contributed by atoms with Crippen LogP contribution in [0.25, 0.3) is 0 Å². The molecule has 0 aliphatic carbocycles. The highest BCUT2D eigenvalue weighted by atomic mass is 79.9. The first kappa shape index (κ1) is 24.7. The molecule has 172 valence electrons. The number of benzene rings is 3. The lowest BCUT2D eigenvalue weighted by atomic mass is 10.2. The van der Waals surface area contributed by atoms with Gasteiger partial charge >= 0.3 is 0 Å². The molecule has 0 spiro atoms. The van der Waals surface area contributed by atoms with Gasteiger partial charge in [0.2, 0.25) is 0 Å². The molecule has 0 saturated heterocycles. The first-order chi connectivity index (χ1) is 15.8. The van der Waals surface area contributed by atoms with Gasteiger partial charge in [-0.25, -0.2) is 8.42 Å². The third-order valence-corrected chi connectivity index (χ3v) is 7.28. The predicted molar refractivity (Wildman–Crippen MR) is 137 cm³/mol. The topological polar surface area (TPSA) is 87.7 Å². The van der Waals surface area contributed by atoms with E-state index in [-0.39, 0.29) is 10.0 Å². The number of methoxy groups -OCH3 is 1. The van der Waals surface area contributed by atoms with Gasteiger partial charge in [0.25, 0.3) is 15.9 Å². The standard InChI is InChI=1S/C23H22BrN3O4S2/c1-3-27(18-7-5-4-6-8-18)33(29,30)19-12-10-17(11-13-19)25-23(32)26-22(28)20-15-16(24)9-14-21(20)31-2/h4-15H,3H2,1-2H3,(H2,25,26,28,32). The number of anilines is 2. The summed E-state index contributed by atoms with van der Waals surface area (Å²) in [5.74, 6) is -0.0294. The zero-order valence-electron chi connectivity index (χ0n) is 17.9. The lowest BCUT2D eigenvalue weighted by Gasteiger charge is -2.23. The molecule has 0 aliphatic heterocycles. The van der Waals surface area contributed by atoms with Gasteiger partial charge < -0.3 is 10.1 Å². The average Bonchev–Trinajstić information content (AvgIpc) is 2.80. The SMILES string of the molecule is CCN(c1ccccc1)S(=O)(=O)c1ccc(NC(=S)NC(=O)c2cc(Br)ccc2OC)cc1. The molecule has 3 rings (SSSR count). The predicted octanol–water partition coefficient (Wildman–Crippen LogP) is 4.80. The summed E-state index contributed by atoms with van der Waals surface area (Å²) in [5.41, 5.74) is 1.44. The van der Waals surface area contributed by atoms with E-state index in [2.05, 4.69) is 26.6 Å². The van der Waals surface area contributed by atoms with Crippen molar-refractivity contribution in [3.63, 3.8) is 0 Å². The number of carbonyl (C=O) groups excluding carboxylic acids is 1. The Morgan fingerprint density at radius 1 is 1.06 bits per heavy atom. The van der Waals surface area contributed by atoms with Crippen LogP contribution in [0.3, 0.4) is 0 Å². The minimum absolute atomic E-state index is 0.0668. The molecule has 0 unspecified atom stereocenters. The van der Waals surface area contributed by atoms with Crippen molar-refractivity contribution in [1.82, 2.24) is 5.32 Å². The quantitative estimate of drug-likeness (QED) is 0.413.